The van der Waals surface area contributed by atoms with Gasteiger partial charge in [-0.2, -0.15) is 0 Å². The summed E-state index contributed by atoms with van der Waals surface area (Å²) < 4.78 is 9.79. The molecule has 1 fully saturated rings. The molecule has 3 N–H and O–H groups in total. The van der Waals surface area contributed by atoms with Gasteiger partial charge in [0.1, 0.15) is 12.7 Å². The quantitative estimate of drug-likeness (QED) is 0.547. The van der Waals surface area contributed by atoms with Crippen molar-refractivity contribution < 1.29 is 14.3 Å². The molecule has 1 atom stereocenters. The third-order valence-corrected chi connectivity index (χ3v) is 1.42. The summed E-state index contributed by atoms with van der Waals surface area (Å²) in [4.78, 5) is 10.2. The molecule has 0 unspecified atom stereocenters. The number of primary amides is 1. The third kappa shape index (κ3) is 3.20. The minimum absolute atomic E-state index is 0.0451. The average Bonchev–Trinajstić information content (AvgIpc) is 2.03. The summed E-state index contributed by atoms with van der Waals surface area (Å²) in [5.74, 6) is 0. The van der Waals surface area contributed by atoms with Gasteiger partial charge in [-0.15, -0.1) is 0 Å². The Labute approximate surface area is 64.8 Å². The SMILES string of the molecule is NC(=O)OC[C@@H]1CNCCO1. The first kappa shape index (κ1) is 8.29. The van der Waals surface area contributed by atoms with Crippen LogP contribution >= 0.6 is 0 Å². The molecule has 1 saturated heterocycles. The van der Waals surface area contributed by atoms with Crippen molar-refractivity contribution in [1.29, 1.82) is 0 Å². The van der Waals surface area contributed by atoms with Crippen molar-refractivity contribution in [2.75, 3.05) is 26.3 Å². The molecule has 11 heavy (non-hydrogen) atoms. The van der Waals surface area contributed by atoms with E-state index in [2.05, 4.69) is 10.1 Å². The second-order valence-corrected chi connectivity index (χ2v) is 2.33. The number of hydrogen-bond acceptors (Lipinski definition) is 4. The first-order chi connectivity index (χ1) is 5.29. The standard InChI is InChI=1S/C6H12N2O3/c7-6(9)11-4-5-3-8-1-2-10-5/h5,8H,1-4H2,(H2,7,9)/t5-/m0/s1. The van der Waals surface area contributed by atoms with Crippen molar-refractivity contribution in [3.63, 3.8) is 0 Å². The Bertz CT molecular complexity index is 134. The van der Waals surface area contributed by atoms with E-state index in [1.165, 1.54) is 0 Å². The van der Waals surface area contributed by atoms with Crippen LogP contribution < -0.4 is 11.1 Å². The molecule has 1 amide bonds. The number of ether oxygens (including phenoxy) is 2. The molecule has 0 bridgehead atoms. The van der Waals surface area contributed by atoms with Crippen LogP contribution in [0.1, 0.15) is 0 Å². The molecule has 1 aliphatic rings. The van der Waals surface area contributed by atoms with Gasteiger partial charge in [-0.25, -0.2) is 4.79 Å². The van der Waals surface area contributed by atoms with Crippen LogP contribution in [-0.4, -0.2) is 38.5 Å². The summed E-state index contributed by atoms with van der Waals surface area (Å²) >= 11 is 0. The Hall–Kier alpha value is -0.810. The van der Waals surface area contributed by atoms with Gasteiger partial charge in [-0.1, -0.05) is 0 Å². The molecule has 0 aromatic heterocycles. The number of hydrogen-bond donors (Lipinski definition) is 2. The van der Waals surface area contributed by atoms with E-state index in [0.29, 0.717) is 13.2 Å². The highest BCUT2D eigenvalue weighted by molar-refractivity contribution is 5.64. The minimum atomic E-state index is -0.751. The van der Waals surface area contributed by atoms with Gasteiger partial charge >= 0.3 is 6.09 Å². The predicted octanol–water partition coefficient (Wildman–Crippen LogP) is -0.930. The number of morpholine rings is 1. The second-order valence-electron chi connectivity index (χ2n) is 2.33. The van der Waals surface area contributed by atoms with Gasteiger partial charge < -0.3 is 20.5 Å². The number of amides is 1. The molecule has 5 nitrogen and oxygen atoms in total. The summed E-state index contributed by atoms with van der Waals surface area (Å²) in [5, 5.41) is 3.10. The van der Waals surface area contributed by atoms with E-state index < -0.39 is 6.09 Å². The molecule has 5 heteroatoms. The number of nitrogens with one attached hydrogen (secondary N) is 1. The Morgan fingerprint density at radius 1 is 1.82 bits per heavy atom. The summed E-state index contributed by atoms with van der Waals surface area (Å²) in [6.45, 7) is 2.47. The van der Waals surface area contributed by atoms with Crippen molar-refractivity contribution in [2.24, 2.45) is 5.73 Å². The molecule has 64 valence electrons. The molecular weight excluding hydrogens is 148 g/mol. The average molecular weight is 160 g/mol. The molecular formula is C6H12N2O3. The van der Waals surface area contributed by atoms with Crippen molar-refractivity contribution in [1.82, 2.24) is 5.32 Å². The highest BCUT2D eigenvalue weighted by atomic mass is 16.6. The zero-order valence-electron chi connectivity index (χ0n) is 6.21. The maximum Gasteiger partial charge on any atom is 0.404 e. The number of carbonyl (C=O) groups is 1. The molecule has 0 saturated carbocycles. The lowest BCUT2D eigenvalue weighted by molar-refractivity contribution is -0.0106. The fourth-order valence-electron chi connectivity index (χ4n) is 0.902. The fraction of sp³-hybridized carbons (Fsp3) is 0.833. The number of carbonyl (C=O) groups excluding carboxylic acids is 1. The summed E-state index contributed by atoms with van der Waals surface area (Å²) in [5.41, 5.74) is 4.77. The molecule has 1 heterocycles. The van der Waals surface area contributed by atoms with E-state index in [1.54, 1.807) is 0 Å². The van der Waals surface area contributed by atoms with E-state index in [0.717, 1.165) is 6.54 Å². The minimum Gasteiger partial charge on any atom is -0.447 e. The Kier molecular flexibility index (Phi) is 3.13. The highest BCUT2D eigenvalue weighted by Crippen LogP contribution is 1.95. The van der Waals surface area contributed by atoms with Crippen LogP contribution in [0.4, 0.5) is 4.79 Å². The lowest BCUT2D eigenvalue weighted by atomic mass is 10.3. The maximum absolute atomic E-state index is 10.2. The van der Waals surface area contributed by atoms with Crippen LogP contribution in [0.25, 0.3) is 0 Å². The maximum atomic E-state index is 10.2. The highest BCUT2D eigenvalue weighted by Gasteiger charge is 2.14. The topological polar surface area (TPSA) is 73.6 Å². The van der Waals surface area contributed by atoms with Crippen LogP contribution in [0.5, 0.6) is 0 Å². The van der Waals surface area contributed by atoms with Crippen LogP contribution in [0, 0.1) is 0 Å². The van der Waals surface area contributed by atoms with E-state index >= 15 is 0 Å². The van der Waals surface area contributed by atoms with E-state index in [1.807, 2.05) is 0 Å². The zero-order valence-corrected chi connectivity index (χ0v) is 6.21. The summed E-state index contributed by atoms with van der Waals surface area (Å²) in [6.07, 6.45) is -0.796. The van der Waals surface area contributed by atoms with Gasteiger partial charge in [0, 0.05) is 13.1 Å². The van der Waals surface area contributed by atoms with Crippen molar-refractivity contribution in [3.8, 4) is 0 Å². The summed E-state index contributed by atoms with van der Waals surface area (Å²) in [6, 6.07) is 0. The van der Waals surface area contributed by atoms with Gasteiger partial charge in [0.2, 0.25) is 0 Å². The van der Waals surface area contributed by atoms with Gasteiger partial charge in [-0.05, 0) is 0 Å². The number of nitrogens with two attached hydrogens (primary N) is 1. The molecule has 1 rings (SSSR count). The van der Waals surface area contributed by atoms with E-state index in [-0.39, 0.29) is 12.7 Å². The number of rotatable bonds is 2. The summed E-state index contributed by atoms with van der Waals surface area (Å²) in [7, 11) is 0. The van der Waals surface area contributed by atoms with Crippen molar-refractivity contribution in [2.45, 2.75) is 6.10 Å². The first-order valence-electron chi connectivity index (χ1n) is 3.53. The molecule has 0 aliphatic carbocycles. The fourth-order valence-corrected chi connectivity index (χ4v) is 0.902. The molecule has 0 aromatic rings. The van der Waals surface area contributed by atoms with Crippen molar-refractivity contribution >= 4 is 6.09 Å². The smallest absolute Gasteiger partial charge is 0.404 e. The van der Waals surface area contributed by atoms with Gasteiger partial charge in [0.25, 0.3) is 0 Å². The molecule has 0 spiro atoms. The van der Waals surface area contributed by atoms with Crippen LogP contribution in [0.3, 0.4) is 0 Å². The van der Waals surface area contributed by atoms with Crippen LogP contribution in [0.2, 0.25) is 0 Å². The van der Waals surface area contributed by atoms with Crippen LogP contribution in [-0.2, 0) is 9.47 Å². The molecule has 0 aromatic carbocycles. The predicted molar refractivity (Wildman–Crippen MR) is 38.1 cm³/mol. The van der Waals surface area contributed by atoms with Crippen LogP contribution in [0.15, 0.2) is 0 Å². The van der Waals surface area contributed by atoms with E-state index in [9.17, 15) is 4.79 Å². The normalized spacial score (nSPS) is 24.5. The second kappa shape index (κ2) is 4.15. The van der Waals surface area contributed by atoms with E-state index in [4.69, 9.17) is 10.5 Å². The lowest BCUT2D eigenvalue weighted by Crippen LogP contribution is -2.41. The van der Waals surface area contributed by atoms with Gasteiger partial charge in [0.05, 0.1) is 6.61 Å². The lowest BCUT2D eigenvalue weighted by Gasteiger charge is -2.22. The zero-order chi connectivity index (χ0) is 8.10. The molecule has 0 radical (unpaired) electrons. The van der Waals surface area contributed by atoms with Gasteiger partial charge in [-0.3, -0.25) is 0 Å². The van der Waals surface area contributed by atoms with Crippen molar-refractivity contribution in [3.05, 3.63) is 0 Å². The monoisotopic (exact) mass is 160 g/mol. The molecule has 1 aliphatic heterocycles. The largest absolute Gasteiger partial charge is 0.447 e. The Morgan fingerprint density at radius 2 is 2.64 bits per heavy atom. The Balaban J connectivity index is 2.09. The third-order valence-electron chi connectivity index (χ3n) is 1.42. The first-order valence-corrected chi connectivity index (χ1v) is 3.53. The van der Waals surface area contributed by atoms with Gasteiger partial charge in [0.15, 0.2) is 0 Å². The Morgan fingerprint density at radius 3 is 3.18 bits per heavy atom.